The molecule has 0 spiro atoms. The molecule has 2 aliphatic carbocycles. The van der Waals surface area contributed by atoms with E-state index in [0.29, 0.717) is 80.9 Å². The third kappa shape index (κ3) is 8.88. The minimum atomic E-state index is -0.156. The molecule has 4 rings (SSSR count). The van der Waals surface area contributed by atoms with E-state index in [1.54, 1.807) is 47.5 Å². The van der Waals surface area contributed by atoms with Crippen LogP contribution in [-0.4, -0.2) is 125 Å². The number of allylic oxidation sites excluding steroid dienone is 1. The highest BCUT2D eigenvalue weighted by Gasteiger charge is 2.32. The van der Waals surface area contributed by atoms with Gasteiger partial charge in [-0.1, -0.05) is 0 Å². The van der Waals surface area contributed by atoms with Crippen LogP contribution < -0.4 is 0 Å². The van der Waals surface area contributed by atoms with Gasteiger partial charge in [-0.3, -0.25) is 28.5 Å². The molecular formula is C31H49N7O6P2. The molecule has 2 unspecified atom stereocenters. The number of hydrogen-bond acceptors (Lipinski definition) is 9. The van der Waals surface area contributed by atoms with Crippen LogP contribution in [0.15, 0.2) is 11.8 Å². The van der Waals surface area contributed by atoms with E-state index in [0.717, 1.165) is 42.4 Å². The molecule has 13 nitrogen and oxygen atoms in total. The summed E-state index contributed by atoms with van der Waals surface area (Å²) >= 11 is 0. The summed E-state index contributed by atoms with van der Waals surface area (Å²) in [6.07, 6.45) is 8.15. The first-order valence-corrected chi connectivity index (χ1v) is 17.2. The summed E-state index contributed by atoms with van der Waals surface area (Å²) in [6.45, 7) is 1.94. The molecule has 0 saturated heterocycles. The zero-order valence-electron chi connectivity index (χ0n) is 28.0. The molecule has 2 amide bonds. The standard InChI is InChI=1S/C17H27N4O3P.C14H22N3O3P/c1-19(2)10-12-6-5-7-13-14(18-20(3)15(13)16(12)22)17(23)21(11-25)8-9-24-4;1-16-13-10(5-3-4-6-11(13)18)12(15-16)14(19)17(9-21)7-8-20-2/h10H,5-9,11,25H2,1-4H3;3-9,21H2,1-2H3/b12-10+;. The molecule has 15 heteroatoms. The van der Waals surface area contributed by atoms with Crippen molar-refractivity contribution in [1.82, 2.24) is 34.3 Å². The van der Waals surface area contributed by atoms with Crippen LogP contribution in [0.1, 0.15) is 85.2 Å². The lowest BCUT2D eigenvalue weighted by Gasteiger charge is -2.19. The molecule has 0 aromatic carbocycles. The van der Waals surface area contributed by atoms with E-state index in [-0.39, 0.29) is 23.4 Å². The number of fused-ring (bicyclic) bond motifs is 2. The Hall–Kier alpha value is -2.98. The van der Waals surface area contributed by atoms with Crippen molar-refractivity contribution in [2.75, 3.05) is 67.2 Å². The Morgan fingerprint density at radius 2 is 1.26 bits per heavy atom. The van der Waals surface area contributed by atoms with E-state index < -0.39 is 0 Å². The van der Waals surface area contributed by atoms with Crippen molar-refractivity contribution >= 4 is 41.9 Å². The van der Waals surface area contributed by atoms with Gasteiger partial charge in [0.25, 0.3) is 11.8 Å². The highest BCUT2D eigenvalue weighted by molar-refractivity contribution is 7.16. The Morgan fingerprint density at radius 3 is 1.76 bits per heavy atom. The number of amides is 2. The lowest BCUT2D eigenvalue weighted by Crippen LogP contribution is -2.33. The largest absolute Gasteiger partial charge is 0.383 e. The third-order valence-corrected chi connectivity index (χ3v) is 8.86. The van der Waals surface area contributed by atoms with Crippen LogP contribution in [0.2, 0.25) is 0 Å². The fourth-order valence-corrected chi connectivity index (χ4v) is 6.40. The van der Waals surface area contributed by atoms with Crippen molar-refractivity contribution in [3.8, 4) is 0 Å². The monoisotopic (exact) mass is 677 g/mol. The Labute approximate surface area is 276 Å². The van der Waals surface area contributed by atoms with E-state index in [2.05, 4.69) is 28.7 Å². The second-order valence-corrected chi connectivity index (χ2v) is 12.2. The van der Waals surface area contributed by atoms with Gasteiger partial charge in [-0.2, -0.15) is 10.2 Å². The highest BCUT2D eigenvalue weighted by atomic mass is 31.0. The van der Waals surface area contributed by atoms with Crippen molar-refractivity contribution in [3.63, 3.8) is 0 Å². The smallest absolute Gasteiger partial charge is 0.275 e. The Kier molecular flexibility index (Phi) is 14.5. The average molecular weight is 678 g/mol. The molecule has 0 bridgehead atoms. The van der Waals surface area contributed by atoms with Gasteiger partial charge in [-0.25, -0.2) is 0 Å². The average Bonchev–Trinajstić information content (AvgIpc) is 3.39. The number of hydrogen-bond donors (Lipinski definition) is 0. The molecule has 2 aliphatic rings. The van der Waals surface area contributed by atoms with Gasteiger partial charge >= 0.3 is 0 Å². The Balaban J connectivity index is 0.000000254. The van der Waals surface area contributed by atoms with Gasteiger partial charge in [0.05, 0.1) is 13.2 Å². The summed E-state index contributed by atoms with van der Waals surface area (Å²) in [5, 5.41) is 8.70. The molecule has 2 aromatic heterocycles. The first-order chi connectivity index (χ1) is 22.0. The van der Waals surface area contributed by atoms with Gasteiger partial charge in [-0.15, -0.1) is 18.5 Å². The van der Waals surface area contributed by atoms with Crippen LogP contribution in [0.25, 0.3) is 0 Å². The first kappa shape index (κ1) is 37.5. The zero-order chi connectivity index (χ0) is 34.0. The molecule has 254 valence electrons. The SMILES string of the molecule is COCCN(CP)C(=O)c1nn(C)c2c1CCC/C(=C\N(C)C)C2=O.COCCN(CP)C(=O)c1nn(C)c2c1CCCCC2=O. The van der Waals surface area contributed by atoms with Crippen molar-refractivity contribution in [3.05, 3.63) is 45.7 Å². The summed E-state index contributed by atoms with van der Waals surface area (Å²) in [7, 11) is 15.6. The van der Waals surface area contributed by atoms with Gasteiger partial charge in [-0.05, 0) is 38.5 Å². The maximum absolute atomic E-state index is 12.9. The number of ketones is 2. The lowest BCUT2D eigenvalue weighted by atomic mass is 10.1. The maximum atomic E-state index is 12.9. The summed E-state index contributed by atoms with van der Waals surface area (Å²) in [5.41, 5.74) is 4.27. The van der Waals surface area contributed by atoms with Crippen LogP contribution in [0, 0.1) is 0 Å². The van der Waals surface area contributed by atoms with Gasteiger partial charge in [0.2, 0.25) is 5.78 Å². The first-order valence-electron chi connectivity index (χ1n) is 15.5. The van der Waals surface area contributed by atoms with Crippen molar-refractivity contribution in [2.24, 2.45) is 14.1 Å². The van der Waals surface area contributed by atoms with Gasteiger partial charge < -0.3 is 24.2 Å². The topological polar surface area (TPSA) is 132 Å². The lowest BCUT2D eigenvalue weighted by molar-refractivity contribution is 0.0719. The van der Waals surface area contributed by atoms with Crippen LogP contribution in [-0.2, 0) is 36.4 Å². The summed E-state index contributed by atoms with van der Waals surface area (Å²) in [4.78, 5) is 55.9. The molecule has 0 saturated carbocycles. The summed E-state index contributed by atoms with van der Waals surface area (Å²) in [6, 6.07) is 0. The minimum absolute atomic E-state index is 0.0374. The summed E-state index contributed by atoms with van der Waals surface area (Å²) in [5.74, 6) is -0.235. The Bertz CT molecular complexity index is 1430. The van der Waals surface area contributed by atoms with E-state index >= 15 is 0 Å². The number of Topliss-reactive ketones (excluding diaryl/α,β-unsaturated/α-hetero) is 2. The summed E-state index contributed by atoms with van der Waals surface area (Å²) < 4.78 is 13.2. The number of aromatic nitrogens is 4. The molecule has 0 fully saturated rings. The molecule has 0 N–H and O–H groups in total. The van der Waals surface area contributed by atoms with Crippen molar-refractivity contribution < 1.29 is 28.7 Å². The number of ether oxygens (including phenoxy) is 2. The normalized spacial score (nSPS) is 15.3. The molecule has 2 atom stereocenters. The molecule has 0 radical (unpaired) electrons. The number of aryl methyl sites for hydroxylation is 2. The molecular weight excluding hydrogens is 628 g/mol. The van der Waals surface area contributed by atoms with E-state index in [4.69, 9.17) is 9.47 Å². The Morgan fingerprint density at radius 1 is 0.783 bits per heavy atom. The van der Waals surface area contributed by atoms with Crippen LogP contribution in [0.5, 0.6) is 0 Å². The zero-order valence-corrected chi connectivity index (χ0v) is 30.3. The molecule has 2 heterocycles. The van der Waals surface area contributed by atoms with Crippen LogP contribution in [0.4, 0.5) is 0 Å². The van der Waals surface area contributed by atoms with E-state index in [1.807, 2.05) is 25.2 Å². The molecule has 46 heavy (non-hydrogen) atoms. The second kappa shape index (κ2) is 17.8. The van der Waals surface area contributed by atoms with E-state index in [9.17, 15) is 19.2 Å². The number of methoxy groups -OCH3 is 2. The minimum Gasteiger partial charge on any atom is -0.383 e. The van der Waals surface area contributed by atoms with Gasteiger partial charge in [0.1, 0.15) is 11.4 Å². The predicted molar refractivity (Wildman–Crippen MR) is 182 cm³/mol. The van der Waals surface area contributed by atoms with Crippen molar-refractivity contribution in [1.29, 1.82) is 0 Å². The van der Waals surface area contributed by atoms with E-state index in [1.165, 1.54) is 0 Å². The number of rotatable bonds is 11. The third-order valence-electron chi connectivity index (χ3n) is 7.98. The maximum Gasteiger partial charge on any atom is 0.275 e. The predicted octanol–water partition coefficient (Wildman–Crippen LogP) is 2.56. The number of nitrogens with zero attached hydrogens (tertiary/aromatic N) is 7. The fraction of sp³-hybridized carbons (Fsp3) is 0.613. The van der Waals surface area contributed by atoms with Gasteiger partial charge in [0, 0.05) is 97.4 Å². The van der Waals surface area contributed by atoms with Gasteiger partial charge in [0.15, 0.2) is 17.2 Å². The number of carbonyl (C=O) groups is 4. The highest BCUT2D eigenvalue weighted by Crippen LogP contribution is 2.28. The molecule has 0 aliphatic heterocycles. The quantitative estimate of drug-likeness (QED) is 0.200. The molecule has 2 aromatic rings. The fourth-order valence-electron chi connectivity index (χ4n) is 5.70. The number of carbonyl (C=O) groups excluding carboxylic acids is 4. The second-order valence-electron chi connectivity index (χ2n) is 11.5. The van der Waals surface area contributed by atoms with Crippen LogP contribution in [0.3, 0.4) is 0 Å². The van der Waals surface area contributed by atoms with Crippen molar-refractivity contribution in [2.45, 2.75) is 44.9 Å². The van der Waals surface area contributed by atoms with Crippen LogP contribution >= 0.6 is 18.5 Å².